The molecule has 0 spiro atoms. The Balaban J connectivity index is 3.06. The van der Waals surface area contributed by atoms with Gasteiger partial charge < -0.3 is 10.6 Å². The Kier molecular flexibility index (Phi) is 3.35. The van der Waals surface area contributed by atoms with Crippen molar-refractivity contribution >= 4 is 17.3 Å². The van der Waals surface area contributed by atoms with Crippen LogP contribution in [-0.4, -0.2) is 13.0 Å². The molecule has 82 valence electrons. The van der Waals surface area contributed by atoms with Crippen molar-refractivity contribution in [1.29, 1.82) is 0 Å². The molecule has 15 heavy (non-hydrogen) atoms. The van der Waals surface area contributed by atoms with Gasteiger partial charge in [0.15, 0.2) is 0 Å². The summed E-state index contributed by atoms with van der Waals surface area (Å²) in [7, 11) is 1.74. The molecule has 1 aromatic carbocycles. The molecule has 0 bridgehead atoms. The van der Waals surface area contributed by atoms with Gasteiger partial charge in [-0.05, 0) is 23.6 Å². The first-order valence-corrected chi connectivity index (χ1v) is 5.07. The summed E-state index contributed by atoms with van der Waals surface area (Å²) < 4.78 is 0. The summed E-state index contributed by atoms with van der Waals surface area (Å²) in [5.41, 5.74) is 8.63. The first-order valence-electron chi connectivity index (χ1n) is 5.07. The van der Waals surface area contributed by atoms with E-state index in [0.717, 1.165) is 16.9 Å². The van der Waals surface area contributed by atoms with E-state index in [4.69, 9.17) is 5.73 Å². The number of amides is 1. The highest BCUT2D eigenvalue weighted by Crippen LogP contribution is 2.26. The Labute approximate surface area is 90.9 Å². The summed E-state index contributed by atoms with van der Waals surface area (Å²) in [6, 6.07) is 5.75. The number of hydrogen-bond acceptors (Lipinski definition) is 2. The fourth-order valence-electron chi connectivity index (χ4n) is 1.48. The second-order valence-electron chi connectivity index (χ2n) is 4.05. The predicted molar refractivity (Wildman–Crippen MR) is 64.0 cm³/mol. The van der Waals surface area contributed by atoms with Crippen molar-refractivity contribution in [2.75, 3.05) is 17.7 Å². The number of nitrogens with two attached hydrogens (primary N) is 1. The van der Waals surface area contributed by atoms with Gasteiger partial charge in [-0.25, -0.2) is 0 Å². The number of carbonyl (C=O) groups excluding carboxylic acids is 1. The van der Waals surface area contributed by atoms with E-state index in [2.05, 4.69) is 13.8 Å². The largest absolute Gasteiger partial charge is 0.398 e. The summed E-state index contributed by atoms with van der Waals surface area (Å²) in [6.45, 7) is 5.73. The molecule has 3 nitrogen and oxygen atoms in total. The molecule has 1 rings (SSSR count). The van der Waals surface area contributed by atoms with Crippen molar-refractivity contribution in [2.24, 2.45) is 0 Å². The Morgan fingerprint density at radius 1 is 1.40 bits per heavy atom. The van der Waals surface area contributed by atoms with Crippen LogP contribution >= 0.6 is 0 Å². The Bertz CT molecular complexity index is 372. The minimum atomic E-state index is 0.00620. The highest BCUT2D eigenvalue weighted by Gasteiger charge is 2.09. The maximum absolute atomic E-state index is 11.2. The van der Waals surface area contributed by atoms with E-state index in [-0.39, 0.29) is 5.91 Å². The van der Waals surface area contributed by atoms with Crippen molar-refractivity contribution in [3.05, 3.63) is 23.8 Å². The molecular weight excluding hydrogens is 188 g/mol. The standard InChI is InChI=1S/C12H18N2O/c1-8(2)11-6-5-10(7-12(11)13)14(4)9(3)15/h5-8H,13H2,1-4H3. The lowest BCUT2D eigenvalue weighted by molar-refractivity contribution is -0.116. The summed E-state index contributed by atoms with van der Waals surface area (Å²) >= 11 is 0. The van der Waals surface area contributed by atoms with Crippen LogP contribution in [0.2, 0.25) is 0 Å². The molecule has 0 aliphatic carbocycles. The second-order valence-corrected chi connectivity index (χ2v) is 4.05. The lowest BCUT2D eigenvalue weighted by atomic mass is 10.0. The van der Waals surface area contributed by atoms with Crippen LogP contribution in [0.15, 0.2) is 18.2 Å². The van der Waals surface area contributed by atoms with Crippen LogP contribution in [0.1, 0.15) is 32.3 Å². The minimum Gasteiger partial charge on any atom is -0.398 e. The van der Waals surface area contributed by atoms with E-state index in [0.29, 0.717) is 5.92 Å². The monoisotopic (exact) mass is 206 g/mol. The molecule has 0 radical (unpaired) electrons. The first kappa shape index (κ1) is 11.6. The quantitative estimate of drug-likeness (QED) is 0.755. The minimum absolute atomic E-state index is 0.00620. The van der Waals surface area contributed by atoms with E-state index >= 15 is 0 Å². The molecule has 3 heteroatoms. The number of benzene rings is 1. The third-order valence-corrected chi connectivity index (χ3v) is 2.55. The molecule has 1 aromatic rings. The molecule has 0 saturated heterocycles. The third-order valence-electron chi connectivity index (χ3n) is 2.55. The number of nitrogen functional groups attached to an aromatic ring is 1. The van der Waals surface area contributed by atoms with Gasteiger partial charge in [0, 0.05) is 25.3 Å². The first-order chi connectivity index (χ1) is 6.93. The molecule has 2 N–H and O–H groups in total. The summed E-state index contributed by atoms with van der Waals surface area (Å²) in [5.74, 6) is 0.411. The van der Waals surface area contributed by atoms with E-state index in [1.165, 1.54) is 6.92 Å². The molecule has 0 atom stereocenters. The normalized spacial score (nSPS) is 10.5. The smallest absolute Gasteiger partial charge is 0.223 e. The zero-order valence-corrected chi connectivity index (χ0v) is 9.74. The van der Waals surface area contributed by atoms with Crippen LogP contribution in [-0.2, 0) is 4.79 Å². The van der Waals surface area contributed by atoms with Gasteiger partial charge in [-0.15, -0.1) is 0 Å². The zero-order valence-electron chi connectivity index (χ0n) is 9.74. The SMILES string of the molecule is CC(=O)N(C)c1ccc(C(C)C)c(N)c1. The molecular formula is C12H18N2O. The number of nitrogens with zero attached hydrogens (tertiary/aromatic N) is 1. The molecule has 0 saturated carbocycles. The maximum atomic E-state index is 11.2. The van der Waals surface area contributed by atoms with Gasteiger partial charge in [0.25, 0.3) is 0 Å². The summed E-state index contributed by atoms with van der Waals surface area (Å²) in [5, 5.41) is 0. The van der Waals surface area contributed by atoms with Crippen molar-refractivity contribution in [2.45, 2.75) is 26.7 Å². The van der Waals surface area contributed by atoms with Crippen molar-refractivity contribution in [3.8, 4) is 0 Å². The Morgan fingerprint density at radius 2 is 2.00 bits per heavy atom. The Hall–Kier alpha value is -1.51. The van der Waals surface area contributed by atoms with Gasteiger partial charge in [0.1, 0.15) is 0 Å². The average Bonchev–Trinajstić information content (AvgIpc) is 2.15. The van der Waals surface area contributed by atoms with Crippen molar-refractivity contribution < 1.29 is 4.79 Å². The summed E-state index contributed by atoms with van der Waals surface area (Å²) in [6.07, 6.45) is 0. The Morgan fingerprint density at radius 3 is 2.40 bits per heavy atom. The lowest BCUT2D eigenvalue weighted by Crippen LogP contribution is -2.22. The van der Waals surface area contributed by atoms with Crippen molar-refractivity contribution in [3.63, 3.8) is 0 Å². The fourth-order valence-corrected chi connectivity index (χ4v) is 1.48. The second kappa shape index (κ2) is 4.34. The molecule has 1 amide bonds. The molecule has 0 aliphatic heterocycles. The number of anilines is 2. The predicted octanol–water partition coefficient (Wildman–Crippen LogP) is 2.37. The van der Waals surface area contributed by atoms with Crippen LogP contribution in [0.25, 0.3) is 0 Å². The number of rotatable bonds is 2. The van der Waals surface area contributed by atoms with E-state index < -0.39 is 0 Å². The van der Waals surface area contributed by atoms with E-state index in [1.54, 1.807) is 11.9 Å². The highest BCUT2D eigenvalue weighted by atomic mass is 16.2. The van der Waals surface area contributed by atoms with Crippen LogP contribution in [0.3, 0.4) is 0 Å². The molecule has 0 aliphatic rings. The molecule has 0 heterocycles. The van der Waals surface area contributed by atoms with E-state index in [9.17, 15) is 4.79 Å². The van der Waals surface area contributed by atoms with Crippen LogP contribution < -0.4 is 10.6 Å². The van der Waals surface area contributed by atoms with Crippen LogP contribution in [0.4, 0.5) is 11.4 Å². The lowest BCUT2D eigenvalue weighted by Gasteiger charge is -2.17. The number of hydrogen-bond donors (Lipinski definition) is 1. The van der Waals surface area contributed by atoms with Gasteiger partial charge in [-0.1, -0.05) is 19.9 Å². The van der Waals surface area contributed by atoms with Gasteiger partial charge in [0.2, 0.25) is 5.91 Å². The van der Waals surface area contributed by atoms with Gasteiger partial charge in [-0.3, -0.25) is 4.79 Å². The van der Waals surface area contributed by atoms with Crippen LogP contribution in [0, 0.1) is 0 Å². The zero-order chi connectivity index (χ0) is 11.6. The fraction of sp³-hybridized carbons (Fsp3) is 0.417. The third kappa shape index (κ3) is 2.49. The maximum Gasteiger partial charge on any atom is 0.223 e. The molecule has 0 fully saturated rings. The van der Waals surface area contributed by atoms with Crippen molar-refractivity contribution in [1.82, 2.24) is 0 Å². The topological polar surface area (TPSA) is 46.3 Å². The van der Waals surface area contributed by atoms with Gasteiger partial charge in [-0.2, -0.15) is 0 Å². The van der Waals surface area contributed by atoms with E-state index in [1.807, 2.05) is 18.2 Å². The molecule has 0 unspecified atom stereocenters. The summed E-state index contributed by atoms with van der Waals surface area (Å²) in [4.78, 5) is 12.7. The average molecular weight is 206 g/mol. The van der Waals surface area contributed by atoms with Crippen LogP contribution in [0.5, 0.6) is 0 Å². The van der Waals surface area contributed by atoms with Gasteiger partial charge >= 0.3 is 0 Å². The number of carbonyl (C=O) groups is 1. The van der Waals surface area contributed by atoms with Gasteiger partial charge in [0.05, 0.1) is 0 Å². The highest BCUT2D eigenvalue weighted by molar-refractivity contribution is 5.91. The molecule has 0 aromatic heterocycles.